The number of ether oxygens (including phenoxy) is 1. The molecule has 1 amide bonds. The lowest BCUT2D eigenvalue weighted by atomic mass is 9.89. The topological polar surface area (TPSA) is 132 Å². The fourth-order valence-electron chi connectivity index (χ4n) is 5.41. The number of anilines is 1. The van der Waals surface area contributed by atoms with Crippen LogP contribution in [-0.2, 0) is 16.1 Å². The summed E-state index contributed by atoms with van der Waals surface area (Å²) in [4.78, 5) is 41.2. The SMILES string of the molecule is CNC1CCC(N(Cc2cc(-c3ccc(N(C)C)nc3)ccc2OC)C(=O)c2sc3ccccc3c2Cl)CC1.O=C(O)C(F)(F)F.O=C(O)C(F)(F)F. The van der Waals surface area contributed by atoms with E-state index in [2.05, 4.69) is 22.4 Å². The van der Waals surface area contributed by atoms with Gasteiger partial charge in [-0.1, -0.05) is 35.9 Å². The summed E-state index contributed by atoms with van der Waals surface area (Å²) in [7, 11) is 7.65. The van der Waals surface area contributed by atoms with Crippen LogP contribution in [0, 0.1) is 0 Å². The summed E-state index contributed by atoms with van der Waals surface area (Å²) in [6.45, 7) is 0.443. The summed E-state index contributed by atoms with van der Waals surface area (Å²) in [5.74, 6) is -3.86. The van der Waals surface area contributed by atoms with Gasteiger partial charge < -0.3 is 30.1 Å². The zero-order valence-electron chi connectivity index (χ0n) is 28.9. The molecule has 0 bridgehead atoms. The van der Waals surface area contributed by atoms with E-state index in [9.17, 15) is 31.1 Å². The lowest BCUT2D eigenvalue weighted by Crippen LogP contribution is -2.44. The molecular formula is C35H37ClF6N4O6S. The van der Waals surface area contributed by atoms with Crippen molar-refractivity contribution < 1.29 is 55.7 Å². The maximum atomic E-state index is 14.2. The Kier molecular flexibility index (Phi) is 14.9. The lowest BCUT2D eigenvalue weighted by molar-refractivity contribution is -0.193. The predicted molar refractivity (Wildman–Crippen MR) is 190 cm³/mol. The van der Waals surface area contributed by atoms with Crippen molar-refractivity contribution in [2.75, 3.05) is 33.2 Å². The summed E-state index contributed by atoms with van der Waals surface area (Å²) in [5.41, 5.74) is 3.02. The molecule has 0 spiro atoms. The van der Waals surface area contributed by atoms with Crippen LogP contribution in [0.4, 0.5) is 32.2 Å². The number of hydrogen-bond acceptors (Lipinski definition) is 8. The zero-order chi connectivity index (χ0) is 39.7. The minimum absolute atomic E-state index is 0.0152. The van der Waals surface area contributed by atoms with Gasteiger partial charge in [0.1, 0.15) is 16.4 Å². The second-order valence-electron chi connectivity index (χ2n) is 11.9. The molecule has 2 heterocycles. The number of carboxylic acids is 2. The third-order valence-electron chi connectivity index (χ3n) is 8.18. The Morgan fingerprint density at radius 2 is 1.49 bits per heavy atom. The largest absolute Gasteiger partial charge is 0.496 e. The lowest BCUT2D eigenvalue weighted by Gasteiger charge is -2.37. The molecule has 0 saturated heterocycles. The number of amides is 1. The van der Waals surface area contributed by atoms with Gasteiger partial charge in [0.05, 0.1) is 12.1 Å². The van der Waals surface area contributed by atoms with Gasteiger partial charge in [-0.3, -0.25) is 4.79 Å². The van der Waals surface area contributed by atoms with E-state index in [1.165, 1.54) is 11.3 Å². The van der Waals surface area contributed by atoms with Crippen molar-refractivity contribution in [2.45, 2.75) is 56.7 Å². The van der Waals surface area contributed by atoms with Crippen molar-refractivity contribution in [1.29, 1.82) is 0 Å². The molecule has 1 saturated carbocycles. The van der Waals surface area contributed by atoms with Crippen LogP contribution < -0.4 is 15.0 Å². The van der Waals surface area contributed by atoms with Crippen LogP contribution in [0.5, 0.6) is 5.75 Å². The number of carbonyl (C=O) groups excluding carboxylic acids is 1. The Labute approximate surface area is 309 Å². The third kappa shape index (κ3) is 11.7. The molecule has 3 N–H and O–H groups in total. The van der Waals surface area contributed by atoms with Crippen LogP contribution in [0.1, 0.15) is 40.9 Å². The highest BCUT2D eigenvalue weighted by Gasteiger charge is 2.39. The maximum Gasteiger partial charge on any atom is 0.490 e. The fourth-order valence-corrected chi connectivity index (χ4v) is 6.88. The molecular weight excluding hydrogens is 754 g/mol. The van der Waals surface area contributed by atoms with Crippen molar-refractivity contribution in [1.82, 2.24) is 15.2 Å². The number of halogens is 7. The van der Waals surface area contributed by atoms with Crippen molar-refractivity contribution in [3.05, 3.63) is 76.3 Å². The molecule has 4 aromatic rings. The van der Waals surface area contributed by atoms with Gasteiger partial charge in [0, 0.05) is 60.1 Å². The Morgan fingerprint density at radius 1 is 0.925 bits per heavy atom. The molecule has 10 nitrogen and oxygen atoms in total. The first-order chi connectivity index (χ1) is 24.8. The van der Waals surface area contributed by atoms with E-state index in [1.54, 1.807) is 7.11 Å². The molecule has 0 radical (unpaired) electrons. The molecule has 1 fully saturated rings. The van der Waals surface area contributed by atoms with Gasteiger partial charge in [0.15, 0.2) is 0 Å². The number of pyridine rings is 1. The van der Waals surface area contributed by atoms with E-state index >= 15 is 0 Å². The van der Waals surface area contributed by atoms with Crippen LogP contribution in [-0.4, -0.2) is 90.6 Å². The quantitative estimate of drug-likeness (QED) is 0.151. The Hall–Kier alpha value is -4.61. The van der Waals surface area contributed by atoms with Gasteiger partial charge >= 0.3 is 24.3 Å². The number of thiophene rings is 1. The number of nitrogens with one attached hydrogen (secondary N) is 1. The number of carboxylic acid groups (broad SMARTS) is 2. The van der Waals surface area contributed by atoms with E-state index in [-0.39, 0.29) is 11.9 Å². The summed E-state index contributed by atoms with van der Waals surface area (Å²) in [6.07, 6.45) is -4.33. The van der Waals surface area contributed by atoms with Gasteiger partial charge in [0.25, 0.3) is 5.91 Å². The summed E-state index contributed by atoms with van der Waals surface area (Å²) >= 11 is 8.27. The number of aromatic nitrogens is 1. The van der Waals surface area contributed by atoms with Gasteiger partial charge in [-0.15, -0.1) is 11.3 Å². The minimum atomic E-state index is -5.08. The smallest absolute Gasteiger partial charge is 0.490 e. The van der Waals surface area contributed by atoms with Crippen LogP contribution in [0.15, 0.2) is 60.8 Å². The van der Waals surface area contributed by atoms with Gasteiger partial charge in [-0.25, -0.2) is 14.6 Å². The molecule has 1 aliphatic carbocycles. The number of benzene rings is 2. The van der Waals surface area contributed by atoms with Crippen molar-refractivity contribution in [2.24, 2.45) is 0 Å². The fraction of sp³-hybridized carbons (Fsp3) is 0.371. The molecule has 0 unspecified atom stereocenters. The Bertz CT molecular complexity index is 1840. The van der Waals surface area contributed by atoms with Crippen molar-refractivity contribution in [3.63, 3.8) is 0 Å². The van der Waals surface area contributed by atoms with Crippen molar-refractivity contribution >= 4 is 56.7 Å². The predicted octanol–water partition coefficient (Wildman–Crippen LogP) is 8.13. The summed E-state index contributed by atoms with van der Waals surface area (Å²) < 4.78 is 70.3. The van der Waals surface area contributed by atoms with Crippen molar-refractivity contribution in [3.8, 4) is 16.9 Å². The van der Waals surface area contributed by atoms with Crippen LogP contribution in [0.3, 0.4) is 0 Å². The standard InChI is InChI=1S/C31H35ClN4O2S.2C2HF3O2/c1-33-23-11-13-24(14-12-23)36(31(37)30-29(32)25-7-5-6-8-27(25)39-30)19-22-17-20(9-15-26(22)38-4)21-10-16-28(34-18-21)35(2)3;2*3-2(4,5)1(6)7/h5-10,15-18,23-24,33H,11-14,19H2,1-4H3;2*(H,6,7). The summed E-state index contributed by atoms with van der Waals surface area (Å²) in [6, 6.07) is 18.8. The second kappa shape index (κ2) is 18.4. The third-order valence-corrected chi connectivity index (χ3v) is 9.84. The normalized spacial score (nSPS) is 15.7. The monoisotopic (exact) mass is 790 g/mol. The molecule has 0 atom stereocenters. The highest BCUT2D eigenvalue weighted by molar-refractivity contribution is 7.21. The first-order valence-electron chi connectivity index (χ1n) is 15.8. The molecule has 53 heavy (non-hydrogen) atoms. The van der Waals surface area contributed by atoms with E-state index < -0.39 is 24.3 Å². The molecule has 5 rings (SSSR count). The van der Waals surface area contributed by atoms with E-state index in [0.717, 1.165) is 64.0 Å². The van der Waals surface area contributed by atoms with Gasteiger partial charge in [-0.05, 0) is 68.6 Å². The number of alkyl halides is 6. The second-order valence-corrected chi connectivity index (χ2v) is 13.3. The summed E-state index contributed by atoms with van der Waals surface area (Å²) in [5, 5.41) is 19.1. The number of aliphatic carboxylic acids is 2. The van der Waals surface area contributed by atoms with Gasteiger partial charge in [0.2, 0.25) is 0 Å². The number of carbonyl (C=O) groups is 3. The number of rotatable bonds is 8. The van der Waals surface area contributed by atoms with Crippen LogP contribution in [0.25, 0.3) is 21.2 Å². The highest BCUT2D eigenvalue weighted by atomic mass is 35.5. The molecule has 2 aromatic carbocycles. The number of methoxy groups -OCH3 is 1. The average Bonchev–Trinajstić information content (AvgIpc) is 3.46. The Morgan fingerprint density at radius 3 is 1.96 bits per heavy atom. The number of nitrogens with zero attached hydrogens (tertiary/aromatic N) is 3. The number of hydrogen-bond donors (Lipinski definition) is 3. The molecule has 2 aromatic heterocycles. The molecule has 18 heteroatoms. The van der Waals surface area contributed by atoms with Gasteiger partial charge in [-0.2, -0.15) is 26.3 Å². The average molecular weight is 791 g/mol. The van der Waals surface area contributed by atoms with E-state index in [4.69, 9.17) is 36.1 Å². The Balaban J connectivity index is 0.000000458. The molecule has 1 aliphatic rings. The van der Waals surface area contributed by atoms with E-state index in [0.29, 0.717) is 22.5 Å². The number of fused-ring (bicyclic) bond motifs is 1. The maximum absolute atomic E-state index is 14.2. The van der Waals surface area contributed by atoms with Crippen LogP contribution in [0.2, 0.25) is 5.02 Å². The molecule has 288 valence electrons. The van der Waals surface area contributed by atoms with E-state index in [1.807, 2.05) is 79.6 Å². The zero-order valence-corrected chi connectivity index (χ0v) is 30.5. The molecule has 0 aliphatic heterocycles. The first kappa shape index (κ1) is 42.8. The highest BCUT2D eigenvalue weighted by Crippen LogP contribution is 2.38. The van der Waals surface area contributed by atoms with Crippen LogP contribution >= 0.6 is 22.9 Å². The first-order valence-corrected chi connectivity index (χ1v) is 17.0. The minimum Gasteiger partial charge on any atom is -0.496 e.